The molecule has 0 spiro atoms. The molecule has 0 saturated heterocycles. The molecule has 0 saturated carbocycles. The summed E-state index contributed by atoms with van der Waals surface area (Å²) in [6, 6.07) is 4.85. The van der Waals surface area contributed by atoms with Crippen molar-refractivity contribution in [2.45, 2.75) is 26.8 Å². The van der Waals surface area contributed by atoms with Gasteiger partial charge in [0.2, 0.25) is 5.91 Å². The Balaban J connectivity index is 2.19. The molecule has 0 fully saturated rings. The van der Waals surface area contributed by atoms with Crippen LogP contribution in [0.3, 0.4) is 0 Å². The molecule has 0 aliphatic carbocycles. The van der Waals surface area contributed by atoms with Crippen LogP contribution >= 0.6 is 0 Å². The summed E-state index contributed by atoms with van der Waals surface area (Å²) < 4.78 is 18.1. The number of esters is 1. The molecule has 0 radical (unpaired) electrons. The third kappa shape index (κ3) is 6.85. The Hall–Kier alpha value is -1.95. The third-order valence-electron chi connectivity index (χ3n) is 2.82. The number of carbonyl (C=O) groups is 2. The lowest BCUT2D eigenvalue weighted by Crippen LogP contribution is -2.34. The third-order valence-corrected chi connectivity index (χ3v) is 2.82. The van der Waals surface area contributed by atoms with E-state index in [0.29, 0.717) is 24.3 Å². The van der Waals surface area contributed by atoms with E-state index in [-0.39, 0.29) is 37.2 Å². The van der Waals surface area contributed by atoms with Crippen molar-refractivity contribution in [3.63, 3.8) is 0 Å². The van der Waals surface area contributed by atoms with Gasteiger partial charge in [-0.05, 0) is 31.0 Å². The Morgan fingerprint density at radius 1 is 1.33 bits per heavy atom. The summed E-state index contributed by atoms with van der Waals surface area (Å²) in [5, 5.41) is 5.52. The van der Waals surface area contributed by atoms with Gasteiger partial charge in [-0.2, -0.15) is 0 Å². The number of aryl methyl sites for hydroxylation is 1. The summed E-state index contributed by atoms with van der Waals surface area (Å²) in [7, 11) is 0. The van der Waals surface area contributed by atoms with Crippen LogP contribution in [0.5, 0.6) is 0 Å². The van der Waals surface area contributed by atoms with Gasteiger partial charge in [-0.15, -0.1) is 0 Å². The van der Waals surface area contributed by atoms with Crippen molar-refractivity contribution in [1.29, 1.82) is 0 Å². The molecule has 0 aliphatic rings. The van der Waals surface area contributed by atoms with E-state index >= 15 is 0 Å². The maximum atomic E-state index is 13.3. The van der Waals surface area contributed by atoms with Gasteiger partial charge in [-0.1, -0.05) is 12.1 Å². The summed E-state index contributed by atoms with van der Waals surface area (Å²) in [5.74, 6) is -0.783. The molecule has 0 aromatic heterocycles. The van der Waals surface area contributed by atoms with E-state index in [4.69, 9.17) is 4.74 Å². The van der Waals surface area contributed by atoms with Crippen LogP contribution < -0.4 is 10.6 Å². The number of hydrogen-bond donors (Lipinski definition) is 2. The molecule has 0 aliphatic heterocycles. The van der Waals surface area contributed by atoms with Crippen molar-refractivity contribution >= 4 is 11.9 Å². The highest BCUT2D eigenvalue weighted by Gasteiger charge is 2.04. The lowest BCUT2D eigenvalue weighted by Gasteiger charge is -2.07. The van der Waals surface area contributed by atoms with Gasteiger partial charge in [0.1, 0.15) is 5.82 Å². The zero-order valence-electron chi connectivity index (χ0n) is 12.4. The Kier molecular flexibility index (Phi) is 7.39. The van der Waals surface area contributed by atoms with Crippen LogP contribution in [0.4, 0.5) is 4.39 Å². The number of carbonyl (C=O) groups excluding carboxylic acids is 2. The zero-order valence-corrected chi connectivity index (χ0v) is 12.4. The fraction of sp³-hybridized carbons (Fsp3) is 0.467. The lowest BCUT2D eigenvalue weighted by atomic mass is 10.1. The molecule has 21 heavy (non-hydrogen) atoms. The molecular formula is C15H21FN2O3. The Morgan fingerprint density at radius 2 is 2.10 bits per heavy atom. The largest absolute Gasteiger partial charge is 0.466 e. The molecule has 2 N–H and O–H groups in total. The van der Waals surface area contributed by atoms with Gasteiger partial charge in [0.05, 0.1) is 19.6 Å². The molecule has 1 aromatic rings. The van der Waals surface area contributed by atoms with E-state index in [1.165, 1.54) is 6.07 Å². The number of hydrogen-bond acceptors (Lipinski definition) is 4. The first-order chi connectivity index (χ1) is 10.0. The van der Waals surface area contributed by atoms with Crippen molar-refractivity contribution in [2.75, 3.05) is 19.7 Å². The lowest BCUT2D eigenvalue weighted by molar-refractivity contribution is -0.143. The van der Waals surface area contributed by atoms with Gasteiger partial charge in [-0.25, -0.2) is 4.39 Å². The van der Waals surface area contributed by atoms with Crippen LogP contribution in [0.15, 0.2) is 18.2 Å². The number of ether oxygens (including phenoxy) is 1. The molecule has 6 heteroatoms. The molecular weight excluding hydrogens is 275 g/mol. The normalized spacial score (nSPS) is 10.2. The first-order valence-electron chi connectivity index (χ1n) is 6.91. The van der Waals surface area contributed by atoms with Crippen LogP contribution in [-0.4, -0.2) is 31.6 Å². The molecule has 5 nitrogen and oxygen atoms in total. The van der Waals surface area contributed by atoms with Crippen molar-refractivity contribution in [3.05, 3.63) is 35.1 Å². The monoisotopic (exact) mass is 296 g/mol. The van der Waals surface area contributed by atoms with Crippen molar-refractivity contribution in [1.82, 2.24) is 10.6 Å². The second-order valence-electron chi connectivity index (χ2n) is 4.59. The molecule has 1 rings (SSSR count). The van der Waals surface area contributed by atoms with Crippen LogP contribution in [0, 0.1) is 12.7 Å². The van der Waals surface area contributed by atoms with Gasteiger partial charge in [0.15, 0.2) is 0 Å². The van der Waals surface area contributed by atoms with E-state index in [9.17, 15) is 14.0 Å². The average Bonchev–Trinajstić information content (AvgIpc) is 2.45. The fourth-order valence-electron chi connectivity index (χ4n) is 1.63. The van der Waals surface area contributed by atoms with Gasteiger partial charge in [0.25, 0.3) is 0 Å². The summed E-state index contributed by atoms with van der Waals surface area (Å²) in [6.07, 6.45) is 0.226. The Bertz CT molecular complexity index is 492. The second kappa shape index (κ2) is 9.07. The summed E-state index contributed by atoms with van der Waals surface area (Å²) >= 11 is 0. The molecule has 0 heterocycles. The standard InChI is InChI=1S/C15H21FN2O3/c1-3-21-15(20)6-7-17-10-14(19)18-9-12-5-4-11(2)13(16)8-12/h4-5,8,17H,3,6-7,9-10H2,1-2H3,(H,18,19). The minimum Gasteiger partial charge on any atom is -0.466 e. The summed E-state index contributed by atoms with van der Waals surface area (Å²) in [4.78, 5) is 22.6. The minimum absolute atomic E-state index is 0.105. The van der Waals surface area contributed by atoms with E-state index < -0.39 is 0 Å². The van der Waals surface area contributed by atoms with E-state index in [1.807, 2.05) is 0 Å². The average molecular weight is 296 g/mol. The highest BCUT2D eigenvalue weighted by Crippen LogP contribution is 2.08. The first kappa shape index (κ1) is 17.1. The number of amides is 1. The molecule has 0 atom stereocenters. The van der Waals surface area contributed by atoms with Gasteiger partial charge in [0, 0.05) is 13.1 Å². The van der Waals surface area contributed by atoms with Gasteiger partial charge in [-0.3, -0.25) is 9.59 Å². The summed E-state index contributed by atoms with van der Waals surface area (Å²) in [5.41, 5.74) is 1.28. The smallest absolute Gasteiger partial charge is 0.307 e. The molecule has 1 amide bonds. The van der Waals surface area contributed by atoms with E-state index in [1.54, 1.807) is 26.0 Å². The van der Waals surface area contributed by atoms with Crippen LogP contribution in [0.25, 0.3) is 0 Å². The Labute approximate surface area is 123 Å². The second-order valence-corrected chi connectivity index (χ2v) is 4.59. The van der Waals surface area contributed by atoms with Crippen molar-refractivity contribution in [2.24, 2.45) is 0 Å². The van der Waals surface area contributed by atoms with E-state index in [2.05, 4.69) is 10.6 Å². The number of nitrogens with one attached hydrogen (secondary N) is 2. The fourth-order valence-corrected chi connectivity index (χ4v) is 1.63. The summed E-state index contributed by atoms with van der Waals surface area (Å²) in [6.45, 7) is 4.54. The number of benzene rings is 1. The quantitative estimate of drug-likeness (QED) is 0.560. The number of rotatable bonds is 8. The van der Waals surface area contributed by atoms with E-state index in [0.717, 1.165) is 0 Å². The maximum Gasteiger partial charge on any atom is 0.307 e. The molecule has 116 valence electrons. The van der Waals surface area contributed by atoms with Gasteiger partial charge < -0.3 is 15.4 Å². The first-order valence-corrected chi connectivity index (χ1v) is 6.91. The SMILES string of the molecule is CCOC(=O)CCNCC(=O)NCc1ccc(C)c(F)c1. The van der Waals surface area contributed by atoms with Crippen molar-refractivity contribution in [3.8, 4) is 0 Å². The highest BCUT2D eigenvalue weighted by atomic mass is 19.1. The molecule has 0 bridgehead atoms. The number of halogens is 1. The zero-order chi connectivity index (χ0) is 15.7. The molecule has 0 unspecified atom stereocenters. The molecule has 1 aromatic carbocycles. The van der Waals surface area contributed by atoms with Crippen molar-refractivity contribution < 1.29 is 18.7 Å². The topological polar surface area (TPSA) is 67.4 Å². The maximum absolute atomic E-state index is 13.3. The highest BCUT2D eigenvalue weighted by molar-refractivity contribution is 5.78. The van der Waals surface area contributed by atoms with Gasteiger partial charge >= 0.3 is 5.97 Å². The predicted octanol–water partition coefficient (Wildman–Crippen LogP) is 1.29. The predicted molar refractivity (Wildman–Crippen MR) is 77.1 cm³/mol. The van der Waals surface area contributed by atoms with Crippen LogP contribution in [0.1, 0.15) is 24.5 Å². The van der Waals surface area contributed by atoms with Crippen LogP contribution in [-0.2, 0) is 20.9 Å². The van der Waals surface area contributed by atoms with Crippen LogP contribution in [0.2, 0.25) is 0 Å². The Morgan fingerprint density at radius 3 is 2.76 bits per heavy atom. The minimum atomic E-state index is -0.291.